The summed E-state index contributed by atoms with van der Waals surface area (Å²) in [6.45, 7) is 7.25. The van der Waals surface area contributed by atoms with Crippen molar-refractivity contribution in [2.75, 3.05) is 6.61 Å². The van der Waals surface area contributed by atoms with E-state index in [0.717, 1.165) is 19.4 Å². The third-order valence-corrected chi connectivity index (χ3v) is 3.82. The number of Topliss-reactive ketones (excluding diaryl/α,β-unsaturated/α-hetero) is 1. The molecule has 0 bridgehead atoms. The predicted octanol–water partition coefficient (Wildman–Crippen LogP) is 3.98. The molecule has 0 spiro atoms. The molecular formula is C15H28O2. The first-order chi connectivity index (χ1) is 8.19. The Morgan fingerprint density at radius 1 is 1.29 bits per heavy atom. The van der Waals surface area contributed by atoms with Gasteiger partial charge in [-0.1, -0.05) is 46.5 Å². The highest BCUT2D eigenvalue weighted by Gasteiger charge is 2.32. The Bertz CT molecular complexity index is 225. The standard InChI is InChI=1S/C15H28O2/c1-4-6-7-9-12(3)15(16)14-10-13(8-5-2)11-17-14/h12-14H,4-11H2,1-3H3/t12?,13-,14?/m1/s1. The molecule has 1 saturated heterocycles. The Morgan fingerprint density at radius 3 is 2.71 bits per heavy atom. The number of ether oxygens (including phenoxy) is 1. The van der Waals surface area contributed by atoms with Gasteiger partial charge in [-0.15, -0.1) is 0 Å². The second-order valence-electron chi connectivity index (χ2n) is 5.51. The van der Waals surface area contributed by atoms with E-state index < -0.39 is 0 Å². The molecule has 3 atom stereocenters. The fourth-order valence-corrected chi connectivity index (χ4v) is 2.66. The van der Waals surface area contributed by atoms with E-state index >= 15 is 0 Å². The summed E-state index contributed by atoms with van der Waals surface area (Å²) in [5, 5.41) is 0. The maximum absolute atomic E-state index is 12.2. The molecular weight excluding hydrogens is 212 g/mol. The van der Waals surface area contributed by atoms with Gasteiger partial charge in [-0.3, -0.25) is 4.79 Å². The number of hydrogen-bond donors (Lipinski definition) is 0. The molecule has 100 valence electrons. The quantitative estimate of drug-likeness (QED) is 0.600. The number of ketones is 1. The van der Waals surface area contributed by atoms with Crippen LogP contribution in [0.4, 0.5) is 0 Å². The van der Waals surface area contributed by atoms with Gasteiger partial charge in [-0.2, -0.15) is 0 Å². The molecule has 1 aliphatic rings. The molecule has 2 nitrogen and oxygen atoms in total. The topological polar surface area (TPSA) is 26.3 Å². The lowest BCUT2D eigenvalue weighted by Gasteiger charge is -2.14. The van der Waals surface area contributed by atoms with Crippen LogP contribution in [0, 0.1) is 11.8 Å². The Hall–Kier alpha value is -0.370. The molecule has 1 fully saturated rings. The van der Waals surface area contributed by atoms with Gasteiger partial charge < -0.3 is 4.74 Å². The van der Waals surface area contributed by atoms with Crippen molar-refractivity contribution in [2.45, 2.75) is 71.8 Å². The van der Waals surface area contributed by atoms with E-state index in [1.54, 1.807) is 0 Å². The number of unbranched alkanes of at least 4 members (excludes halogenated alkanes) is 2. The van der Waals surface area contributed by atoms with Crippen molar-refractivity contribution < 1.29 is 9.53 Å². The average molecular weight is 240 g/mol. The third-order valence-electron chi connectivity index (χ3n) is 3.82. The molecule has 1 aliphatic heterocycles. The Morgan fingerprint density at radius 2 is 2.06 bits per heavy atom. The van der Waals surface area contributed by atoms with Crippen molar-refractivity contribution in [2.24, 2.45) is 11.8 Å². The minimum absolute atomic E-state index is 0.0943. The molecule has 0 aromatic carbocycles. The lowest BCUT2D eigenvalue weighted by Crippen LogP contribution is -2.26. The van der Waals surface area contributed by atoms with Gasteiger partial charge in [-0.25, -0.2) is 0 Å². The summed E-state index contributed by atoms with van der Waals surface area (Å²) in [5.41, 5.74) is 0. The summed E-state index contributed by atoms with van der Waals surface area (Å²) in [7, 11) is 0. The minimum Gasteiger partial charge on any atom is -0.370 e. The second kappa shape index (κ2) is 7.86. The van der Waals surface area contributed by atoms with Gasteiger partial charge >= 0.3 is 0 Å². The van der Waals surface area contributed by atoms with Crippen LogP contribution in [0.5, 0.6) is 0 Å². The summed E-state index contributed by atoms with van der Waals surface area (Å²) in [6, 6.07) is 0. The number of carbonyl (C=O) groups excluding carboxylic acids is 1. The Balaban J connectivity index is 2.27. The lowest BCUT2D eigenvalue weighted by molar-refractivity contribution is -0.131. The summed E-state index contributed by atoms with van der Waals surface area (Å²) >= 11 is 0. The predicted molar refractivity (Wildman–Crippen MR) is 71.1 cm³/mol. The van der Waals surface area contributed by atoms with Crippen molar-refractivity contribution in [1.82, 2.24) is 0 Å². The molecule has 2 unspecified atom stereocenters. The molecule has 0 radical (unpaired) electrons. The fraction of sp³-hybridized carbons (Fsp3) is 0.933. The molecule has 0 amide bonds. The molecule has 0 saturated carbocycles. The van der Waals surface area contributed by atoms with E-state index in [-0.39, 0.29) is 12.0 Å². The van der Waals surface area contributed by atoms with E-state index in [1.165, 1.54) is 32.1 Å². The van der Waals surface area contributed by atoms with Crippen LogP contribution in [0.1, 0.15) is 65.7 Å². The van der Waals surface area contributed by atoms with Gasteiger partial charge in [0.2, 0.25) is 0 Å². The number of hydrogen-bond acceptors (Lipinski definition) is 2. The fourth-order valence-electron chi connectivity index (χ4n) is 2.66. The zero-order valence-electron chi connectivity index (χ0n) is 11.7. The van der Waals surface area contributed by atoms with Crippen LogP contribution in [-0.2, 0) is 9.53 Å². The van der Waals surface area contributed by atoms with Gasteiger partial charge in [-0.05, 0) is 25.2 Å². The van der Waals surface area contributed by atoms with Crippen LogP contribution in [0.15, 0.2) is 0 Å². The van der Waals surface area contributed by atoms with E-state index in [2.05, 4.69) is 20.8 Å². The van der Waals surface area contributed by atoms with Crippen LogP contribution in [-0.4, -0.2) is 18.5 Å². The molecule has 0 aliphatic carbocycles. The van der Waals surface area contributed by atoms with Crippen LogP contribution in [0.3, 0.4) is 0 Å². The molecule has 1 rings (SSSR count). The third kappa shape index (κ3) is 4.79. The van der Waals surface area contributed by atoms with Gasteiger partial charge in [0, 0.05) is 5.92 Å². The first kappa shape index (κ1) is 14.7. The first-order valence-electron chi connectivity index (χ1n) is 7.34. The minimum atomic E-state index is -0.0943. The van der Waals surface area contributed by atoms with Gasteiger partial charge in [0.25, 0.3) is 0 Å². The zero-order chi connectivity index (χ0) is 12.7. The van der Waals surface area contributed by atoms with Crippen LogP contribution in [0.25, 0.3) is 0 Å². The molecule has 1 heterocycles. The normalized spacial score (nSPS) is 26.1. The largest absolute Gasteiger partial charge is 0.370 e. The van der Waals surface area contributed by atoms with E-state index in [1.807, 2.05) is 0 Å². The zero-order valence-corrected chi connectivity index (χ0v) is 11.7. The average Bonchev–Trinajstić information content (AvgIpc) is 2.77. The Labute approximate surface area is 106 Å². The van der Waals surface area contributed by atoms with Crippen molar-refractivity contribution in [1.29, 1.82) is 0 Å². The highest BCUT2D eigenvalue weighted by molar-refractivity contribution is 5.85. The highest BCUT2D eigenvalue weighted by Crippen LogP contribution is 2.27. The van der Waals surface area contributed by atoms with Crippen LogP contribution < -0.4 is 0 Å². The Kier molecular flexibility index (Phi) is 6.79. The van der Waals surface area contributed by atoms with Crippen molar-refractivity contribution in [3.63, 3.8) is 0 Å². The maximum atomic E-state index is 12.2. The first-order valence-corrected chi connectivity index (χ1v) is 7.34. The number of carbonyl (C=O) groups is 1. The second-order valence-corrected chi connectivity index (χ2v) is 5.51. The maximum Gasteiger partial charge on any atom is 0.164 e. The lowest BCUT2D eigenvalue weighted by atomic mass is 9.91. The monoisotopic (exact) mass is 240 g/mol. The SMILES string of the molecule is CCCCCC(C)C(=O)C1C[C@@H](CCC)CO1. The van der Waals surface area contributed by atoms with Crippen LogP contribution >= 0.6 is 0 Å². The highest BCUT2D eigenvalue weighted by atomic mass is 16.5. The van der Waals surface area contributed by atoms with Crippen LogP contribution in [0.2, 0.25) is 0 Å². The molecule has 17 heavy (non-hydrogen) atoms. The van der Waals surface area contributed by atoms with Gasteiger partial charge in [0.05, 0.1) is 6.61 Å². The van der Waals surface area contributed by atoms with E-state index in [0.29, 0.717) is 11.7 Å². The van der Waals surface area contributed by atoms with Gasteiger partial charge in [0.15, 0.2) is 5.78 Å². The summed E-state index contributed by atoms with van der Waals surface area (Å²) in [5.74, 6) is 1.16. The molecule has 0 N–H and O–H groups in total. The summed E-state index contributed by atoms with van der Waals surface area (Å²) < 4.78 is 5.66. The van der Waals surface area contributed by atoms with Crippen molar-refractivity contribution in [3.05, 3.63) is 0 Å². The van der Waals surface area contributed by atoms with Gasteiger partial charge in [0.1, 0.15) is 6.10 Å². The van der Waals surface area contributed by atoms with Crippen molar-refractivity contribution in [3.8, 4) is 0 Å². The smallest absolute Gasteiger partial charge is 0.164 e. The molecule has 2 heteroatoms. The summed E-state index contributed by atoms with van der Waals surface area (Å²) in [4.78, 5) is 12.2. The number of rotatable bonds is 8. The molecule has 0 aromatic heterocycles. The van der Waals surface area contributed by atoms with E-state index in [9.17, 15) is 4.79 Å². The van der Waals surface area contributed by atoms with Crippen molar-refractivity contribution >= 4 is 5.78 Å². The van der Waals surface area contributed by atoms with E-state index in [4.69, 9.17) is 4.74 Å². The molecule has 0 aromatic rings. The summed E-state index contributed by atoms with van der Waals surface area (Å²) in [6.07, 6.45) is 7.93.